The summed E-state index contributed by atoms with van der Waals surface area (Å²) in [5.41, 5.74) is 4.41. The summed E-state index contributed by atoms with van der Waals surface area (Å²) in [6.45, 7) is 0.470. The van der Waals surface area contributed by atoms with Gasteiger partial charge in [-0.15, -0.1) is 0 Å². The molecule has 1 amide bonds. The van der Waals surface area contributed by atoms with Crippen LogP contribution in [0.25, 0.3) is 16.7 Å². The second-order valence-corrected chi connectivity index (χ2v) is 5.69. The lowest BCUT2D eigenvalue weighted by Gasteiger charge is -2.06. The summed E-state index contributed by atoms with van der Waals surface area (Å²) < 4.78 is 2.01. The highest BCUT2D eigenvalue weighted by Crippen LogP contribution is 2.19. The van der Waals surface area contributed by atoms with E-state index in [1.54, 1.807) is 18.7 Å². The Morgan fingerprint density at radius 1 is 1.00 bits per heavy atom. The third-order valence-corrected chi connectivity index (χ3v) is 4.05. The van der Waals surface area contributed by atoms with E-state index in [0.29, 0.717) is 12.1 Å². The van der Waals surface area contributed by atoms with Crippen LogP contribution in [-0.2, 0) is 6.54 Å². The van der Waals surface area contributed by atoms with Gasteiger partial charge in [0.1, 0.15) is 6.33 Å². The van der Waals surface area contributed by atoms with Crippen molar-refractivity contribution in [1.29, 1.82) is 0 Å². The quantitative estimate of drug-likeness (QED) is 0.625. The Kier molecular flexibility index (Phi) is 3.96. The Bertz CT molecular complexity index is 1010. The fraction of sp³-hybridized carbons (Fsp3) is 0.0500. The van der Waals surface area contributed by atoms with Crippen molar-refractivity contribution in [3.63, 3.8) is 0 Å². The van der Waals surface area contributed by atoms with Crippen LogP contribution in [0.15, 0.2) is 79.4 Å². The Balaban J connectivity index is 1.56. The molecule has 0 spiro atoms. The van der Waals surface area contributed by atoms with Crippen molar-refractivity contribution in [2.24, 2.45) is 0 Å². The molecular weight excluding hydrogens is 312 g/mol. The van der Waals surface area contributed by atoms with Crippen molar-refractivity contribution in [1.82, 2.24) is 19.9 Å². The summed E-state index contributed by atoms with van der Waals surface area (Å²) >= 11 is 0. The fourth-order valence-corrected chi connectivity index (χ4v) is 2.73. The summed E-state index contributed by atoms with van der Waals surface area (Å²) in [6, 6.07) is 19.3. The van der Waals surface area contributed by atoms with Gasteiger partial charge in [-0.1, -0.05) is 18.2 Å². The zero-order valence-corrected chi connectivity index (χ0v) is 13.5. The van der Waals surface area contributed by atoms with Crippen LogP contribution in [0.5, 0.6) is 0 Å². The molecule has 0 saturated carbocycles. The van der Waals surface area contributed by atoms with Gasteiger partial charge in [0.15, 0.2) is 0 Å². The minimum absolute atomic E-state index is 0.118. The summed E-state index contributed by atoms with van der Waals surface area (Å²) in [7, 11) is 0. The van der Waals surface area contributed by atoms with E-state index in [2.05, 4.69) is 15.3 Å². The number of para-hydroxylation sites is 1. The minimum atomic E-state index is -0.118. The van der Waals surface area contributed by atoms with E-state index in [4.69, 9.17) is 0 Å². The van der Waals surface area contributed by atoms with E-state index in [-0.39, 0.29) is 5.91 Å². The molecule has 25 heavy (non-hydrogen) atoms. The van der Waals surface area contributed by atoms with Gasteiger partial charge in [-0.25, -0.2) is 4.98 Å². The number of hydrogen-bond acceptors (Lipinski definition) is 3. The molecule has 2 heterocycles. The van der Waals surface area contributed by atoms with Crippen molar-refractivity contribution in [2.45, 2.75) is 6.54 Å². The Labute approximate surface area is 145 Å². The zero-order chi connectivity index (χ0) is 17.1. The first-order valence-corrected chi connectivity index (χ1v) is 8.01. The summed E-state index contributed by atoms with van der Waals surface area (Å²) in [5, 5.41) is 2.92. The lowest BCUT2D eigenvalue weighted by molar-refractivity contribution is 0.0951. The van der Waals surface area contributed by atoms with Gasteiger partial charge in [-0.05, 0) is 48.0 Å². The molecule has 5 heteroatoms. The van der Waals surface area contributed by atoms with Crippen LogP contribution in [-0.4, -0.2) is 20.4 Å². The van der Waals surface area contributed by atoms with Gasteiger partial charge in [-0.3, -0.25) is 14.3 Å². The number of nitrogens with one attached hydrogen (secondary N) is 1. The minimum Gasteiger partial charge on any atom is -0.348 e. The molecular formula is C20H16N4O. The molecule has 1 N–H and O–H groups in total. The highest BCUT2D eigenvalue weighted by Gasteiger charge is 2.10. The van der Waals surface area contributed by atoms with Crippen LogP contribution < -0.4 is 5.32 Å². The van der Waals surface area contributed by atoms with Crippen LogP contribution in [0, 0.1) is 0 Å². The molecule has 0 aliphatic heterocycles. The second kappa shape index (κ2) is 6.57. The maximum atomic E-state index is 12.4. The van der Waals surface area contributed by atoms with E-state index >= 15 is 0 Å². The van der Waals surface area contributed by atoms with Crippen molar-refractivity contribution in [3.05, 3.63) is 90.5 Å². The van der Waals surface area contributed by atoms with Crippen molar-refractivity contribution >= 4 is 16.9 Å². The molecule has 0 aliphatic carbocycles. The zero-order valence-electron chi connectivity index (χ0n) is 13.5. The molecule has 2 aromatic carbocycles. The summed E-state index contributed by atoms with van der Waals surface area (Å²) in [4.78, 5) is 20.8. The van der Waals surface area contributed by atoms with Crippen molar-refractivity contribution in [3.8, 4) is 5.69 Å². The lowest BCUT2D eigenvalue weighted by Crippen LogP contribution is -2.22. The van der Waals surface area contributed by atoms with Gasteiger partial charge in [0.05, 0.1) is 11.0 Å². The molecule has 0 aliphatic rings. The maximum absolute atomic E-state index is 12.4. The molecule has 4 aromatic rings. The number of nitrogens with zero attached hydrogens (tertiary/aromatic N) is 3. The first-order valence-electron chi connectivity index (χ1n) is 8.01. The number of amides is 1. The first kappa shape index (κ1) is 15.1. The van der Waals surface area contributed by atoms with E-state index in [0.717, 1.165) is 22.3 Å². The highest BCUT2D eigenvalue weighted by molar-refractivity contribution is 5.97. The third-order valence-electron chi connectivity index (χ3n) is 4.05. The molecule has 122 valence electrons. The molecule has 4 rings (SSSR count). The van der Waals surface area contributed by atoms with Gasteiger partial charge in [0.2, 0.25) is 0 Å². The Morgan fingerprint density at radius 2 is 1.80 bits per heavy atom. The standard InChI is InChI=1S/C20H16N4O/c25-20(22-13-15-8-10-21-11-9-15)16-6-7-19-18(12-16)23-14-24(19)17-4-2-1-3-5-17/h1-12,14H,13H2,(H,22,25). The number of aromatic nitrogens is 3. The molecule has 2 aromatic heterocycles. The second-order valence-electron chi connectivity index (χ2n) is 5.69. The molecule has 0 atom stereocenters. The SMILES string of the molecule is O=C(NCc1ccncc1)c1ccc2c(c1)ncn2-c1ccccc1. The number of rotatable bonds is 4. The van der Waals surface area contributed by atoms with Crippen LogP contribution >= 0.6 is 0 Å². The number of carbonyl (C=O) groups excluding carboxylic acids is 1. The maximum Gasteiger partial charge on any atom is 0.251 e. The number of pyridine rings is 1. The Hall–Kier alpha value is -3.47. The van der Waals surface area contributed by atoms with Crippen molar-refractivity contribution in [2.75, 3.05) is 0 Å². The van der Waals surface area contributed by atoms with Gasteiger partial charge < -0.3 is 5.32 Å². The number of fused-ring (bicyclic) bond motifs is 1. The highest BCUT2D eigenvalue weighted by atomic mass is 16.1. The number of carbonyl (C=O) groups is 1. The molecule has 0 radical (unpaired) electrons. The monoisotopic (exact) mass is 328 g/mol. The normalized spacial score (nSPS) is 10.7. The molecule has 0 unspecified atom stereocenters. The van der Waals surface area contributed by atoms with Crippen LogP contribution in [0.3, 0.4) is 0 Å². The lowest BCUT2D eigenvalue weighted by atomic mass is 10.1. The summed E-state index contributed by atoms with van der Waals surface area (Å²) in [5.74, 6) is -0.118. The Morgan fingerprint density at radius 3 is 2.60 bits per heavy atom. The third kappa shape index (κ3) is 3.12. The van der Waals surface area contributed by atoms with E-state index in [1.165, 1.54) is 0 Å². The van der Waals surface area contributed by atoms with Gasteiger partial charge in [0.25, 0.3) is 5.91 Å². The van der Waals surface area contributed by atoms with Gasteiger partial charge >= 0.3 is 0 Å². The number of hydrogen-bond donors (Lipinski definition) is 1. The largest absolute Gasteiger partial charge is 0.348 e. The number of benzene rings is 2. The smallest absolute Gasteiger partial charge is 0.251 e. The van der Waals surface area contributed by atoms with E-state index < -0.39 is 0 Å². The molecule has 0 bridgehead atoms. The van der Waals surface area contributed by atoms with Gasteiger partial charge in [0, 0.05) is 30.2 Å². The molecule has 5 nitrogen and oxygen atoms in total. The first-order chi connectivity index (χ1) is 12.3. The van der Waals surface area contributed by atoms with E-state index in [1.807, 2.05) is 65.2 Å². The van der Waals surface area contributed by atoms with Crippen LogP contribution in [0.4, 0.5) is 0 Å². The number of imidazole rings is 1. The fourth-order valence-electron chi connectivity index (χ4n) is 2.73. The van der Waals surface area contributed by atoms with Crippen LogP contribution in [0.2, 0.25) is 0 Å². The topological polar surface area (TPSA) is 59.8 Å². The summed E-state index contributed by atoms with van der Waals surface area (Å²) in [6.07, 6.45) is 5.20. The van der Waals surface area contributed by atoms with Crippen LogP contribution in [0.1, 0.15) is 15.9 Å². The molecule has 0 saturated heterocycles. The van der Waals surface area contributed by atoms with Gasteiger partial charge in [-0.2, -0.15) is 0 Å². The predicted molar refractivity (Wildman–Crippen MR) is 96.5 cm³/mol. The predicted octanol–water partition coefficient (Wildman–Crippen LogP) is 3.35. The molecule has 0 fully saturated rings. The van der Waals surface area contributed by atoms with Crippen molar-refractivity contribution < 1.29 is 4.79 Å². The average molecular weight is 328 g/mol. The van der Waals surface area contributed by atoms with E-state index in [9.17, 15) is 4.79 Å². The average Bonchev–Trinajstić information content (AvgIpc) is 3.11.